The first kappa shape index (κ1) is 17.0. The van der Waals surface area contributed by atoms with Crippen LogP contribution in [0.3, 0.4) is 0 Å². The van der Waals surface area contributed by atoms with Crippen LogP contribution in [0, 0.1) is 19.8 Å². The Morgan fingerprint density at radius 2 is 2.08 bits per heavy atom. The van der Waals surface area contributed by atoms with Crippen molar-refractivity contribution in [1.29, 1.82) is 0 Å². The summed E-state index contributed by atoms with van der Waals surface area (Å²) >= 11 is 1.51. The minimum Gasteiger partial charge on any atom is -0.453 e. The molecule has 4 nitrogen and oxygen atoms in total. The van der Waals surface area contributed by atoms with E-state index in [1.165, 1.54) is 28.2 Å². The third-order valence-electron chi connectivity index (χ3n) is 4.94. The van der Waals surface area contributed by atoms with Crippen molar-refractivity contribution in [2.45, 2.75) is 40.0 Å². The number of hydrogen-bond donors (Lipinski definition) is 0. The van der Waals surface area contributed by atoms with Crippen molar-refractivity contribution in [3.63, 3.8) is 0 Å². The molecule has 1 atom stereocenters. The van der Waals surface area contributed by atoms with Crippen LogP contribution in [0.1, 0.15) is 55.2 Å². The molecule has 3 rings (SSSR count). The lowest BCUT2D eigenvalue weighted by molar-refractivity contribution is 0.0479. The smallest absolute Gasteiger partial charge is 0.348 e. The Hall–Kier alpha value is -1.88. The zero-order valence-corrected chi connectivity index (χ0v) is 15.5. The topological polar surface area (TPSA) is 48.3 Å². The quantitative estimate of drug-likeness (QED) is 0.624. The molecule has 5 heteroatoms. The molecule has 0 saturated heterocycles. The lowest BCUT2D eigenvalue weighted by Crippen LogP contribution is -2.14. The van der Waals surface area contributed by atoms with E-state index < -0.39 is 0 Å². The number of fused-ring (bicyclic) bond motifs is 1. The number of esters is 1. The number of thiophene rings is 1. The van der Waals surface area contributed by atoms with E-state index in [-0.39, 0.29) is 18.4 Å². The Morgan fingerprint density at radius 3 is 2.75 bits per heavy atom. The van der Waals surface area contributed by atoms with Crippen LogP contribution in [0.4, 0.5) is 0 Å². The zero-order valence-electron chi connectivity index (χ0n) is 14.6. The van der Waals surface area contributed by atoms with E-state index in [0.717, 1.165) is 24.2 Å². The van der Waals surface area contributed by atoms with E-state index in [9.17, 15) is 9.59 Å². The van der Waals surface area contributed by atoms with Crippen molar-refractivity contribution in [2.75, 3.05) is 6.61 Å². The van der Waals surface area contributed by atoms with Gasteiger partial charge < -0.3 is 9.30 Å². The molecule has 0 aliphatic heterocycles. The number of nitrogens with zero attached hydrogens (tertiary/aromatic N) is 1. The van der Waals surface area contributed by atoms with E-state index in [0.29, 0.717) is 16.4 Å². The highest BCUT2D eigenvalue weighted by atomic mass is 32.1. The fourth-order valence-electron chi connectivity index (χ4n) is 3.22. The van der Waals surface area contributed by atoms with E-state index in [4.69, 9.17) is 4.74 Å². The molecule has 0 amide bonds. The first-order valence-electron chi connectivity index (χ1n) is 8.31. The number of hydrogen-bond acceptors (Lipinski definition) is 4. The molecule has 0 spiro atoms. The predicted molar refractivity (Wildman–Crippen MR) is 95.0 cm³/mol. The number of ketones is 1. The molecular formula is C19H23NO3S. The van der Waals surface area contributed by atoms with Crippen molar-refractivity contribution in [2.24, 2.45) is 13.0 Å². The van der Waals surface area contributed by atoms with Crippen molar-refractivity contribution >= 4 is 23.1 Å². The summed E-state index contributed by atoms with van der Waals surface area (Å²) in [7, 11) is 1.92. The summed E-state index contributed by atoms with van der Waals surface area (Å²) < 4.78 is 7.23. The monoisotopic (exact) mass is 345 g/mol. The molecule has 0 radical (unpaired) electrons. The fraction of sp³-hybridized carbons (Fsp3) is 0.474. The van der Waals surface area contributed by atoms with Crippen LogP contribution in [0.15, 0.2) is 12.1 Å². The molecule has 0 bridgehead atoms. The van der Waals surface area contributed by atoms with E-state index in [2.05, 4.69) is 6.92 Å². The summed E-state index contributed by atoms with van der Waals surface area (Å²) in [5.41, 5.74) is 3.81. The van der Waals surface area contributed by atoms with Crippen molar-refractivity contribution in [1.82, 2.24) is 4.57 Å². The van der Waals surface area contributed by atoms with Gasteiger partial charge in [-0.3, -0.25) is 4.79 Å². The first-order chi connectivity index (χ1) is 11.4. The summed E-state index contributed by atoms with van der Waals surface area (Å²) in [6, 6.07) is 3.79. The highest BCUT2D eigenvalue weighted by Crippen LogP contribution is 2.32. The van der Waals surface area contributed by atoms with Crippen LogP contribution in [-0.4, -0.2) is 22.9 Å². The first-order valence-corrected chi connectivity index (χ1v) is 9.13. The zero-order chi connectivity index (χ0) is 17.4. The SMILES string of the molecule is Cc1cc(C(=O)COC(=O)c2cc3c(s2)CC[C@H](C)C3)c(C)n1C. The van der Waals surface area contributed by atoms with Gasteiger partial charge in [0.25, 0.3) is 0 Å². The van der Waals surface area contributed by atoms with Crippen LogP contribution in [0.2, 0.25) is 0 Å². The van der Waals surface area contributed by atoms with E-state index in [1.54, 1.807) is 0 Å². The molecule has 2 aromatic rings. The van der Waals surface area contributed by atoms with Gasteiger partial charge in [-0.05, 0) is 56.7 Å². The molecule has 128 valence electrons. The number of carbonyl (C=O) groups is 2. The Kier molecular flexibility index (Phi) is 4.63. The Morgan fingerprint density at radius 1 is 1.33 bits per heavy atom. The van der Waals surface area contributed by atoms with Gasteiger partial charge in [-0.25, -0.2) is 4.79 Å². The van der Waals surface area contributed by atoms with Gasteiger partial charge in [0.1, 0.15) is 4.88 Å². The summed E-state index contributed by atoms with van der Waals surface area (Å²) in [5.74, 6) is 0.127. The molecule has 0 N–H and O–H groups in total. The Balaban J connectivity index is 1.65. The molecule has 1 aliphatic rings. The molecule has 2 aromatic heterocycles. The lowest BCUT2D eigenvalue weighted by atomic mass is 9.90. The number of rotatable bonds is 4. The van der Waals surface area contributed by atoms with Crippen LogP contribution < -0.4 is 0 Å². The average molecular weight is 345 g/mol. The second kappa shape index (κ2) is 6.55. The van der Waals surface area contributed by atoms with E-state index in [1.807, 2.05) is 37.6 Å². The molecule has 0 unspecified atom stereocenters. The van der Waals surface area contributed by atoms with Gasteiger partial charge in [-0.1, -0.05) is 6.92 Å². The highest BCUT2D eigenvalue weighted by Gasteiger charge is 2.22. The standard InChI is InChI=1S/C19H23NO3S/c1-11-5-6-17-14(7-11)9-18(24-17)19(22)23-10-16(21)15-8-12(2)20(4)13(15)3/h8-9,11H,5-7,10H2,1-4H3/t11-/m0/s1. The molecule has 24 heavy (non-hydrogen) atoms. The number of Topliss-reactive ketones (excluding diaryl/α,β-unsaturated/α-hetero) is 1. The molecule has 0 aromatic carbocycles. The van der Waals surface area contributed by atoms with Crippen molar-refractivity contribution in [3.05, 3.63) is 44.4 Å². The van der Waals surface area contributed by atoms with Gasteiger partial charge in [0, 0.05) is 28.9 Å². The lowest BCUT2D eigenvalue weighted by Gasteiger charge is -2.16. The van der Waals surface area contributed by atoms with Crippen LogP contribution in [0.25, 0.3) is 0 Å². The number of ether oxygens (including phenoxy) is 1. The molecule has 0 saturated carbocycles. The maximum Gasteiger partial charge on any atom is 0.348 e. The maximum absolute atomic E-state index is 12.3. The largest absolute Gasteiger partial charge is 0.453 e. The predicted octanol–water partition coefficient (Wildman–Crippen LogP) is 3.87. The normalized spacial score (nSPS) is 16.8. The number of aromatic nitrogens is 1. The molecule has 0 fully saturated rings. The van der Waals surface area contributed by atoms with Gasteiger partial charge in [-0.15, -0.1) is 11.3 Å². The van der Waals surface area contributed by atoms with Crippen LogP contribution in [-0.2, 0) is 24.6 Å². The summed E-state index contributed by atoms with van der Waals surface area (Å²) in [6.45, 7) is 5.88. The van der Waals surface area contributed by atoms with E-state index >= 15 is 0 Å². The van der Waals surface area contributed by atoms with Gasteiger partial charge in [0.05, 0.1) is 0 Å². The van der Waals surface area contributed by atoms with Gasteiger partial charge in [-0.2, -0.15) is 0 Å². The Bertz CT molecular complexity index is 800. The molecular weight excluding hydrogens is 322 g/mol. The molecule has 1 aliphatic carbocycles. The maximum atomic E-state index is 12.3. The van der Waals surface area contributed by atoms with Crippen molar-refractivity contribution < 1.29 is 14.3 Å². The second-order valence-electron chi connectivity index (χ2n) is 6.75. The Labute approximate surface area is 146 Å². The van der Waals surface area contributed by atoms with Gasteiger partial charge in [0.15, 0.2) is 6.61 Å². The van der Waals surface area contributed by atoms with Crippen molar-refractivity contribution in [3.8, 4) is 0 Å². The van der Waals surface area contributed by atoms with Gasteiger partial charge in [0.2, 0.25) is 5.78 Å². The molecule has 2 heterocycles. The number of carbonyl (C=O) groups excluding carboxylic acids is 2. The highest BCUT2D eigenvalue weighted by molar-refractivity contribution is 7.14. The average Bonchev–Trinajstić information content (AvgIpc) is 3.08. The fourth-order valence-corrected chi connectivity index (χ4v) is 4.33. The third-order valence-corrected chi connectivity index (χ3v) is 6.16. The minimum absolute atomic E-state index is 0.153. The van der Waals surface area contributed by atoms with Gasteiger partial charge >= 0.3 is 5.97 Å². The second-order valence-corrected chi connectivity index (χ2v) is 7.89. The summed E-state index contributed by atoms with van der Waals surface area (Å²) in [6.07, 6.45) is 3.24. The summed E-state index contributed by atoms with van der Waals surface area (Å²) in [4.78, 5) is 26.5. The van der Waals surface area contributed by atoms with Crippen LogP contribution in [0.5, 0.6) is 0 Å². The third kappa shape index (κ3) is 3.18. The minimum atomic E-state index is -0.388. The van der Waals surface area contributed by atoms with Crippen LogP contribution >= 0.6 is 11.3 Å². The number of aryl methyl sites for hydroxylation is 2. The summed E-state index contributed by atoms with van der Waals surface area (Å²) in [5, 5.41) is 0.